The molecule has 1 unspecified atom stereocenters. The molecule has 0 saturated heterocycles. The number of benzene rings is 1. The summed E-state index contributed by atoms with van der Waals surface area (Å²) < 4.78 is 11.2. The average Bonchev–Trinajstić information content (AvgIpc) is 2.70. The fourth-order valence-corrected chi connectivity index (χ4v) is 2.61. The van der Waals surface area contributed by atoms with E-state index in [1.165, 1.54) is 0 Å². The summed E-state index contributed by atoms with van der Waals surface area (Å²) in [5.41, 5.74) is 4.25. The molecule has 0 amide bonds. The first-order valence-corrected chi connectivity index (χ1v) is 6.00. The number of ether oxygens (including phenoxy) is 2. The number of hydrogen-bond acceptors (Lipinski definition) is 3. The predicted molar refractivity (Wildman–Crippen MR) is 67.6 cm³/mol. The normalized spacial score (nSPS) is 17.2. The van der Waals surface area contributed by atoms with E-state index >= 15 is 0 Å². The van der Waals surface area contributed by atoms with Crippen LogP contribution >= 0.6 is 0 Å². The minimum absolute atomic E-state index is 0.0366. The van der Waals surface area contributed by atoms with Crippen molar-refractivity contribution in [3.63, 3.8) is 0 Å². The van der Waals surface area contributed by atoms with Gasteiger partial charge in [0, 0.05) is 12.0 Å². The minimum Gasteiger partial charge on any atom is -0.496 e. The molecule has 1 atom stereocenters. The molecule has 0 radical (unpaired) electrons. The van der Waals surface area contributed by atoms with Crippen LogP contribution in [-0.4, -0.2) is 24.3 Å². The molecule has 1 heterocycles. The monoisotopic (exact) mass is 250 g/mol. The van der Waals surface area contributed by atoms with Crippen LogP contribution in [0.3, 0.4) is 0 Å². The maximum Gasteiger partial charge on any atom is 0.307 e. The third-order valence-electron chi connectivity index (χ3n) is 3.63. The van der Waals surface area contributed by atoms with Gasteiger partial charge in [-0.05, 0) is 37.5 Å². The van der Waals surface area contributed by atoms with Crippen LogP contribution in [-0.2, 0) is 11.2 Å². The maximum absolute atomic E-state index is 10.8. The zero-order valence-corrected chi connectivity index (χ0v) is 11.2. The number of carbonyl (C=O) groups is 1. The quantitative estimate of drug-likeness (QED) is 0.895. The molecule has 0 fully saturated rings. The highest BCUT2D eigenvalue weighted by molar-refractivity contribution is 5.68. The Hall–Kier alpha value is -1.71. The Bertz CT molecular complexity index is 505. The number of rotatable bonds is 3. The number of methoxy groups -OCH3 is 1. The van der Waals surface area contributed by atoms with Crippen LogP contribution in [0.15, 0.2) is 0 Å². The first kappa shape index (κ1) is 12.7. The minimum atomic E-state index is -0.827. The molecule has 1 aliphatic rings. The van der Waals surface area contributed by atoms with Gasteiger partial charge in [0.1, 0.15) is 17.6 Å². The lowest BCUT2D eigenvalue weighted by Gasteiger charge is -2.15. The SMILES string of the molecule is COc1c(C)c(C)c2c(c1C)CC(CC(=O)O)O2. The molecule has 0 aromatic heterocycles. The first-order valence-electron chi connectivity index (χ1n) is 6.00. The molecular formula is C14H18O4. The smallest absolute Gasteiger partial charge is 0.307 e. The van der Waals surface area contributed by atoms with Crippen molar-refractivity contribution in [2.75, 3.05) is 7.11 Å². The lowest BCUT2D eigenvalue weighted by Crippen LogP contribution is -2.17. The summed E-state index contributed by atoms with van der Waals surface area (Å²) in [5, 5.41) is 8.84. The zero-order valence-electron chi connectivity index (χ0n) is 11.2. The Kier molecular flexibility index (Phi) is 3.20. The Labute approximate surface area is 107 Å². The van der Waals surface area contributed by atoms with Gasteiger partial charge in [-0.3, -0.25) is 4.79 Å². The largest absolute Gasteiger partial charge is 0.496 e. The molecule has 1 aromatic carbocycles. The van der Waals surface area contributed by atoms with Gasteiger partial charge in [-0.25, -0.2) is 0 Å². The van der Waals surface area contributed by atoms with E-state index in [4.69, 9.17) is 14.6 Å². The Balaban J connectivity index is 2.43. The van der Waals surface area contributed by atoms with Crippen molar-refractivity contribution >= 4 is 5.97 Å². The van der Waals surface area contributed by atoms with Crippen molar-refractivity contribution in [3.05, 3.63) is 22.3 Å². The number of carboxylic acid groups (broad SMARTS) is 1. The van der Waals surface area contributed by atoms with Gasteiger partial charge in [0.2, 0.25) is 0 Å². The van der Waals surface area contributed by atoms with Gasteiger partial charge < -0.3 is 14.6 Å². The van der Waals surface area contributed by atoms with E-state index in [9.17, 15) is 4.79 Å². The summed E-state index contributed by atoms with van der Waals surface area (Å²) in [6.45, 7) is 5.98. The van der Waals surface area contributed by atoms with Crippen LogP contribution in [0.1, 0.15) is 28.7 Å². The van der Waals surface area contributed by atoms with Crippen molar-refractivity contribution in [2.45, 2.75) is 39.7 Å². The van der Waals surface area contributed by atoms with Crippen molar-refractivity contribution < 1.29 is 19.4 Å². The molecule has 1 aliphatic heterocycles. The predicted octanol–water partition coefficient (Wildman–Crippen LogP) is 2.40. The summed E-state index contributed by atoms with van der Waals surface area (Å²) in [4.78, 5) is 10.8. The van der Waals surface area contributed by atoms with Gasteiger partial charge in [0.25, 0.3) is 0 Å². The van der Waals surface area contributed by atoms with Gasteiger partial charge in [-0.2, -0.15) is 0 Å². The molecule has 1 N–H and O–H groups in total. The van der Waals surface area contributed by atoms with Gasteiger partial charge in [-0.1, -0.05) is 0 Å². The first-order chi connectivity index (χ1) is 8.45. The standard InChI is InChI=1S/C14H18O4/c1-7-8(2)14-11(9(3)13(7)17-4)5-10(18-14)6-12(15)16/h10H,5-6H2,1-4H3,(H,15,16). The van der Waals surface area contributed by atoms with E-state index in [0.29, 0.717) is 6.42 Å². The topological polar surface area (TPSA) is 55.8 Å². The molecule has 0 spiro atoms. The van der Waals surface area contributed by atoms with Gasteiger partial charge in [0.15, 0.2) is 0 Å². The van der Waals surface area contributed by atoms with Crippen LogP contribution in [0.5, 0.6) is 11.5 Å². The number of hydrogen-bond donors (Lipinski definition) is 1. The number of carboxylic acids is 1. The van der Waals surface area contributed by atoms with E-state index in [1.807, 2.05) is 20.8 Å². The summed E-state index contributed by atoms with van der Waals surface area (Å²) in [6, 6.07) is 0. The van der Waals surface area contributed by atoms with Gasteiger partial charge >= 0.3 is 5.97 Å². The zero-order chi connectivity index (χ0) is 13.4. The highest BCUT2D eigenvalue weighted by Crippen LogP contribution is 2.42. The molecule has 2 rings (SSSR count). The molecule has 0 saturated carbocycles. The molecular weight excluding hydrogens is 232 g/mol. The molecule has 0 bridgehead atoms. The summed E-state index contributed by atoms with van der Waals surface area (Å²) >= 11 is 0. The van der Waals surface area contributed by atoms with E-state index in [2.05, 4.69) is 0 Å². The van der Waals surface area contributed by atoms with E-state index < -0.39 is 5.97 Å². The lowest BCUT2D eigenvalue weighted by molar-refractivity contribution is -0.138. The highest BCUT2D eigenvalue weighted by atomic mass is 16.5. The Morgan fingerprint density at radius 3 is 2.56 bits per heavy atom. The summed E-state index contributed by atoms with van der Waals surface area (Å²) in [5.74, 6) is 0.898. The van der Waals surface area contributed by atoms with Crippen molar-refractivity contribution in [1.29, 1.82) is 0 Å². The van der Waals surface area contributed by atoms with Crippen LogP contribution in [0.2, 0.25) is 0 Å². The second kappa shape index (κ2) is 4.52. The van der Waals surface area contributed by atoms with Crippen molar-refractivity contribution in [3.8, 4) is 11.5 Å². The van der Waals surface area contributed by atoms with Gasteiger partial charge in [0.05, 0.1) is 13.5 Å². The number of fused-ring (bicyclic) bond motifs is 1. The van der Waals surface area contributed by atoms with E-state index in [0.717, 1.165) is 33.8 Å². The fourth-order valence-electron chi connectivity index (χ4n) is 2.61. The number of aliphatic carboxylic acids is 1. The fraction of sp³-hybridized carbons (Fsp3) is 0.500. The van der Waals surface area contributed by atoms with E-state index in [1.54, 1.807) is 7.11 Å². The van der Waals surface area contributed by atoms with Crippen LogP contribution in [0.4, 0.5) is 0 Å². The highest BCUT2D eigenvalue weighted by Gasteiger charge is 2.30. The van der Waals surface area contributed by atoms with Gasteiger partial charge in [-0.15, -0.1) is 0 Å². The molecule has 18 heavy (non-hydrogen) atoms. The van der Waals surface area contributed by atoms with Crippen LogP contribution in [0, 0.1) is 20.8 Å². The second-order valence-corrected chi connectivity index (χ2v) is 4.76. The van der Waals surface area contributed by atoms with Crippen molar-refractivity contribution in [2.24, 2.45) is 0 Å². The molecule has 98 valence electrons. The molecule has 0 aliphatic carbocycles. The molecule has 4 nitrogen and oxygen atoms in total. The maximum atomic E-state index is 10.8. The third-order valence-corrected chi connectivity index (χ3v) is 3.63. The Morgan fingerprint density at radius 1 is 1.33 bits per heavy atom. The van der Waals surface area contributed by atoms with Crippen LogP contribution < -0.4 is 9.47 Å². The summed E-state index contributed by atoms with van der Waals surface area (Å²) in [7, 11) is 1.66. The average molecular weight is 250 g/mol. The third kappa shape index (κ3) is 1.92. The van der Waals surface area contributed by atoms with Crippen molar-refractivity contribution in [1.82, 2.24) is 0 Å². The van der Waals surface area contributed by atoms with Crippen LogP contribution in [0.25, 0.3) is 0 Å². The second-order valence-electron chi connectivity index (χ2n) is 4.76. The summed E-state index contributed by atoms with van der Waals surface area (Å²) in [6.07, 6.45) is 0.418. The Morgan fingerprint density at radius 2 is 2.00 bits per heavy atom. The van der Waals surface area contributed by atoms with E-state index in [-0.39, 0.29) is 12.5 Å². The molecule has 1 aromatic rings. The lowest BCUT2D eigenvalue weighted by atomic mass is 9.95. The molecule has 4 heteroatoms.